The van der Waals surface area contributed by atoms with Gasteiger partial charge in [0.15, 0.2) is 5.82 Å². The predicted molar refractivity (Wildman–Crippen MR) is 132 cm³/mol. The molecule has 178 valence electrons. The van der Waals surface area contributed by atoms with E-state index in [2.05, 4.69) is 35.6 Å². The Kier molecular flexibility index (Phi) is 7.51. The van der Waals surface area contributed by atoms with E-state index in [-0.39, 0.29) is 5.56 Å². The molecule has 10 nitrogen and oxygen atoms in total. The highest BCUT2D eigenvalue weighted by molar-refractivity contribution is 6.08. The smallest absolute Gasteiger partial charge is 0.263 e. The molecule has 1 saturated heterocycles. The van der Waals surface area contributed by atoms with Crippen molar-refractivity contribution in [2.45, 2.75) is 6.92 Å². The first-order valence-electron chi connectivity index (χ1n) is 11.2. The Bertz CT molecular complexity index is 1170. The van der Waals surface area contributed by atoms with E-state index >= 15 is 0 Å². The van der Waals surface area contributed by atoms with Crippen LogP contribution in [-0.4, -0.2) is 72.4 Å². The second-order valence-electron chi connectivity index (χ2n) is 8.11. The summed E-state index contributed by atoms with van der Waals surface area (Å²) in [5.74, 6) is -0.0285. The van der Waals surface area contributed by atoms with Gasteiger partial charge in [0.25, 0.3) is 11.5 Å². The number of aryl methyl sites for hydroxylation is 1. The van der Waals surface area contributed by atoms with E-state index < -0.39 is 11.5 Å². The number of methoxy groups -OCH3 is 1. The molecule has 1 fully saturated rings. The molecule has 0 bridgehead atoms. The van der Waals surface area contributed by atoms with Crippen LogP contribution in [0.1, 0.15) is 15.9 Å². The molecule has 0 unspecified atom stereocenters. The van der Waals surface area contributed by atoms with Crippen molar-refractivity contribution in [1.29, 1.82) is 0 Å². The van der Waals surface area contributed by atoms with Gasteiger partial charge in [0.2, 0.25) is 0 Å². The molecule has 0 saturated carbocycles. The molecule has 0 atom stereocenters. The number of hydrogen-bond donors (Lipinski definition) is 3. The zero-order valence-corrected chi connectivity index (χ0v) is 19.4. The molecule has 10 heteroatoms. The summed E-state index contributed by atoms with van der Waals surface area (Å²) in [6.07, 6.45) is 3.06. The summed E-state index contributed by atoms with van der Waals surface area (Å²) in [4.78, 5) is 32.8. The number of carbonyl (C=O) groups is 1. The highest BCUT2D eigenvalue weighted by Crippen LogP contribution is 2.22. The van der Waals surface area contributed by atoms with Gasteiger partial charge in [0.05, 0.1) is 18.5 Å². The van der Waals surface area contributed by atoms with E-state index in [0.717, 1.165) is 50.6 Å². The van der Waals surface area contributed by atoms with Crippen LogP contribution in [0.4, 0.5) is 22.9 Å². The minimum atomic E-state index is -0.509. The molecule has 4 rings (SSSR count). The fourth-order valence-corrected chi connectivity index (χ4v) is 3.85. The van der Waals surface area contributed by atoms with Gasteiger partial charge in [0.1, 0.15) is 5.56 Å². The maximum atomic E-state index is 13.0. The molecule has 2 aromatic heterocycles. The molecule has 0 aliphatic carbocycles. The van der Waals surface area contributed by atoms with Crippen LogP contribution in [0.2, 0.25) is 0 Å². The monoisotopic (exact) mass is 463 g/mol. The van der Waals surface area contributed by atoms with Gasteiger partial charge in [-0.15, -0.1) is 5.10 Å². The Morgan fingerprint density at radius 2 is 1.88 bits per heavy atom. The highest BCUT2D eigenvalue weighted by atomic mass is 16.5. The van der Waals surface area contributed by atoms with Crippen molar-refractivity contribution in [3.05, 3.63) is 70.3 Å². The Morgan fingerprint density at radius 1 is 1.12 bits per heavy atom. The molecular formula is C24H29N7O3. The number of piperazine rings is 1. The third-order valence-electron chi connectivity index (χ3n) is 5.84. The van der Waals surface area contributed by atoms with Crippen LogP contribution in [0.25, 0.3) is 0 Å². The van der Waals surface area contributed by atoms with E-state index in [1.54, 1.807) is 25.4 Å². The van der Waals surface area contributed by atoms with Crippen molar-refractivity contribution in [3.63, 3.8) is 0 Å². The summed E-state index contributed by atoms with van der Waals surface area (Å²) in [6.45, 7) is 7.40. The Morgan fingerprint density at radius 3 is 2.59 bits per heavy atom. The zero-order valence-electron chi connectivity index (χ0n) is 19.4. The molecule has 1 amide bonds. The van der Waals surface area contributed by atoms with Crippen LogP contribution >= 0.6 is 0 Å². The molecule has 3 aromatic rings. The lowest BCUT2D eigenvalue weighted by atomic mass is 10.2. The van der Waals surface area contributed by atoms with E-state index in [0.29, 0.717) is 17.2 Å². The van der Waals surface area contributed by atoms with E-state index in [1.165, 1.54) is 6.20 Å². The summed E-state index contributed by atoms with van der Waals surface area (Å²) in [7, 11) is 1.72. The summed E-state index contributed by atoms with van der Waals surface area (Å²) in [6, 6.07) is 11.1. The fraction of sp³-hybridized carbons (Fsp3) is 0.333. The van der Waals surface area contributed by atoms with Crippen molar-refractivity contribution < 1.29 is 9.53 Å². The molecule has 0 spiro atoms. The summed E-state index contributed by atoms with van der Waals surface area (Å²) >= 11 is 0. The van der Waals surface area contributed by atoms with Crippen LogP contribution in [-0.2, 0) is 4.74 Å². The number of hydrogen-bond acceptors (Lipinski definition) is 8. The lowest BCUT2D eigenvalue weighted by Gasteiger charge is -2.36. The maximum Gasteiger partial charge on any atom is 0.263 e. The number of aromatic amines is 1. The van der Waals surface area contributed by atoms with Gasteiger partial charge in [-0.3, -0.25) is 14.5 Å². The molecule has 34 heavy (non-hydrogen) atoms. The Labute approximate surface area is 198 Å². The average molecular weight is 464 g/mol. The lowest BCUT2D eigenvalue weighted by molar-refractivity contribution is 0.102. The predicted octanol–water partition coefficient (Wildman–Crippen LogP) is 2.24. The minimum Gasteiger partial charge on any atom is -0.383 e. The molecule has 1 aliphatic rings. The van der Waals surface area contributed by atoms with Crippen LogP contribution in [0, 0.1) is 6.92 Å². The van der Waals surface area contributed by atoms with E-state index in [9.17, 15) is 9.59 Å². The number of rotatable bonds is 8. The van der Waals surface area contributed by atoms with Gasteiger partial charge in [0, 0.05) is 57.4 Å². The van der Waals surface area contributed by atoms with Crippen molar-refractivity contribution in [2.75, 3.05) is 62.0 Å². The number of aromatic nitrogens is 3. The number of benzene rings is 1. The standard InChI is InChI=1S/C24H29N7O3/c1-17-7-10-26-29-22(17)28-20-8-9-25-23(32)21(20)24(33)27-18-3-5-19(6-4-18)31-13-11-30(12-14-31)15-16-34-2/h3-10H,11-16H2,1-2H3,(H,27,33)(H2,25,28,29,32). The number of amides is 1. The van der Waals surface area contributed by atoms with Crippen molar-refractivity contribution >= 4 is 28.8 Å². The Hall–Kier alpha value is -3.76. The van der Waals surface area contributed by atoms with E-state index in [1.807, 2.05) is 31.2 Å². The van der Waals surface area contributed by atoms with Crippen LogP contribution in [0.15, 0.2) is 53.6 Å². The third kappa shape index (κ3) is 5.59. The number of pyridine rings is 1. The first-order valence-corrected chi connectivity index (χ1v) is 11.2. The van der Waals surface area contributed by atoms with Gasteiger partial charge < -0.3 is 25.3 Å². The first-order chi connectivity index (χ1) is 16.5. The highest BCUT2D eigenvalue weighted by Gasteiger charge is 2.19. The second kappa shape index (κ2) is 10.9. The second-order valence-corrected chi connectivity index (χ2v) is 8.11. The third-order valence-corrected chi connectivity index (χ3v) is 5.84. The largest absolute Gasteiger partial charge is 0.383 e. The van der Waals surface area contributed by atoms with Crippen LogP contribution in [0.5, 0.6) is 0 Å². The number of ether oxygens (including phenoxy) is 1. The fourth-order valence-electron chi connectivity index (χ4n) is 3.85. The average Bonchev–Trinajstić information content (AvgIpc) is 2.85. The number of nitrogens with zero attached hydrogens (tertiary/aromatic N) is 4. The van der Waals surface area contributed by atoms with Gasteiger partial charge in [-0.25, -0.2) is 0 Å². The molecule has 1 aliphatic heterocycles. The summed E-state index contributed by atoms with van der Waals surface area (Å²) in [5, 5.41) is 13.8. The van der Waals surface area contributed by atoms with E-state index in [4.69, 9.17) is 4.74 Å². The number of H-pyrrole nitrogens is 1. The first kappa shape index (κ1) is 23.4. The summed E-state index contributed by atoms with van der Waals surface area (Å²) in [5.41, 5.74) is 2.39. The molecular weight excluding hydrogens is 434 g/mol. The maximum absolute atomic E-state index is 13.0. The number of nitrogens with one attached hydrogen (secondary N) is 3. The SMILES string of the molecule is COCCN1CCN(c2ccc(NC(=O)c3c(Nc4nnccc4C)cc[nH]c3=O)cc2)CC1. The van der Waals surface area contributed by atoms with Gasteiger partial charge in [-0.05, 0) is 48.9 Å². The molecule has 0 radical (unpaired) electrons. The molecule has 3 N–H and O–H groups in total. The van der Waals surface area contributed by atoms with Gasteiger partial charge in [-0.2, -0.15) is 5.10 Å². The molecule has 3 heterocycles. The Balaban J connectivity index is 1.43. The van der Waals surface area contributed by atoms with Crippen LogP contribution in [0.3, 0.4) is 0 Å². The molecule has 1 aromatic carbocycles. The lowest BCUT2D eigenvalue weighted by Crippen LogP contribution is -2.47. The number of carbonyl (C=O) groups excluding carboxylic acids is 1. The summed E-state index contributed by atoms with van der Waals surface area (Å²) < 4.78 is 5.16. The quantitative estimate of drug-likeness (QED) is 0.466. The minimum absolute atomic E-state index is 0.0242. The van der Waals surface area contributed by atoms with Gasteiger partial charge >= 0.3 is 0 Å². The zero-order chi connectivity index (χ0) is 23.9. The van der Waals surface area contributed by atoms with Crippen LogP contribution < -0.4 is 21.1 Å². The number of anilines is 4. The van der Waals surface area contributed by atoms with Crippen molar-refractivity contribution in [3.8, 4) is 0 Å². The normalized spacial score (nSPS) is 14.1. The van der Waals surface area contributed by atoms with Crippen molar-refractivity contribution in [2.24, 2.45) is 0 Å². The topological polar surface area (TPSA) is 115 Å². The van der Waals surface area contributed by atoms with Crippen molar-refractivity contribution in [1.82, 2.24) is 20.1 Å². The van der Waals surface area contributed by atoms with Gasteiger partial charge in [-0.1, -0.05) is 0 Å².